The van der Waals surface area contributed by atoms with E-state index in [1.165, 1.54) is 0 Å². The Balaban J connectivity index is 0.00000341. The summed E-state index contributed by atoms with van der Waals surface area (Å²) in [7, 11) is 1.61. The summed E-state index contributed by atoms with van der Waals surface area (Å²) >= 11 is 0. The van der Waals surface area contributed by atoms with Gasteiger partial charge in [-0.2, -0.15) is 5.10 Å². The van der Waals surface area contributed by atoms with Crippen LogP contribution in [0.4, 0.5) is 0 Å². The van der Waals surface area contributed by atoms with Gasteiger partial charge in [0.25, 0.3) is 0 Å². The number of guanidine groups is 1. The zero-order valence-electron chi connectivity index (χ0n) is 18.0. The molecule has 0 amide bonds. The van der Waals surface area contributed by atoms with Crippen LogP contribution in [-0.2, 0) is 0 Å². The molecule has 0 bridgehead atoms. The minimum absolute atomic E-state index is 0. The number of nitrogens with one attached hydrogen (secondary N) is 2. The van der Waals surface area contributed by atoms with Crippen molar-refractivity contribution >= 4 is 29.9 Å². The Kier molecular flexibility index (Phi) is 9.80. The van der Waals surface area contributed by atoms with E-state index >= 15 is 0 Å². The molecule has 0 aliphatic heterocycles. The second kappa shape index (κ2) is 12.3. The van der Waals surface area contributed by atoms with Gasteiger partial charge in [-0.25, -0.2) is 4.68 Å². The SMILES string of the molecule is CCNC(=NCC(O)c1cccc(OC)c1)NC(C)c1cccc(-n2cccn2)c1.I. The summed E-state index contributed by atoms with van der Waals surface area (Å²) in [6, 6.07) is 17.5. The van der Waals surface area contributed by atoms with Crippen LogP contribution in [0.2, 0.25) is 0 Å². The number of aliphatic imine (C=N–C) groups is 1. The van der Waals surface area contributed by atoms with Crippen molar-refractivity contribution < 1.29 is 9.84 Å². The molecule has 31 heavy (non-hydrogen) atoms. The molecule has 7 nitrogen and oxygen atoms in total. The van der Waals surface area contributed by atoms with Crippen molar-refractivity contribution in [2.24, 2.45) is 4.99 Å². The summed E-state index contributed by atoms with van der Waals surface area (Å²) < 4.78 is 7.06. The van der Waals surface area contributed by atoms with Crippen molar-refractivity contribution in [2.75, 3.05) is 20.2 Å². The number of rotatable bonds is 8. The van der Waals surface area contributed by atoms with Crippen molar-refractivity contribution in [3.8, 4) is 11.4 Å². The van der Waals surface area contributed by atoms with Gasteiger partial charge in [-0.15, -0.1) is 24.0 Å². The number of benzene rings is 2. The van der Waals surface area contributed by atoms with Crippen LogP contribution >= 0.6 is 24.0 Å². The van der Waals surface area contributed by atoms with Crippen LogP contribution in [0.1, 0.15) is 37.1 Å². The Hall–Kier alpha value is -2.59. The Morgan fingerprint density at radius 3 is 2.65 bits per heavy atom. The maximum Gasteiger partial charge on any atom is 0.191 e. The molecule has 1 aromatic heterocycles. The topological polar surface area (TPSA) is 83.7 Å². The van der Waals surface area contributed by atoms with Crippen molar-refractivity contribution in [2.45, 2.75) is 26.0 Å². The first kappa shape index (κ1) is 24.7. The Labute approximate surface area is 200 Å². The van der Waals surface area contributed by atoms with E-state index in [4.69, 9.17) is 4.74 Å². The molecule has 0 spiro atoms. The normalized spacial score (nSPS) is 13.1. The minimum atomic E-state index is -0.714. The lowest BCUT2D eigenvalue weighted by Crippen LogP contribution is -2.39. The molecule has 8 heteroatoms. The monoisotopic (exact) mass is 535 g/mol. The van der Waals surface area contributed by atoms with Gasteiger partial charge in [0, 0.05) is 18.9 Å². The molecule has 1 heterocycles. The molecular weight excluding hydrogens is 505 g/mol. The molecule has 0 fully saturated rings. The zero-order chi connectivity index (χ0) is 21.3. The maximum atomic E-state index is 10.5. The molecule has 0 aliphatic carbocycles. The van der Waals surface area contributed by atoms with Gasteiger partial charge in [0.1, 0.15) is 5.75 Å². The third kappa shape index (κ3) is 6.96. The number of aromatic nitrogens is 2. The number of hydrogen-bond acceptors (Lipinski definition) is 4. The molecule has 2 unspecified atom stereocenters. The van der Waals surface area contributed by atoms with Crippen molar-refractivity contribution in [1.82, 2.24) is 20.4 Å². The molecule has 166 valence electrons. The highest BCUT2D eigenvalue weighted by Gasteiger charge is 2.12. The fourth-order valence-corrected chi connectivity index (χ4v) is 3.10. The third-order valence-electron chi connectivity index (χ3n) is 4.74. The van der Waals surface area contributed by atoms with Crippen LogP contribution < -0.4 is 15.4 Å². The highest BCUT2D eigenvalue weighted by molar-refractivity contribution is 14.0. The number of halogens is 1. The summed E-state index contributed by atoms with van der Waals surface area (Å²) in [5.74, 6) is 1.36. The van der Waals surface area contributed by atoms with E-state index in [9.17, 15) is 5.11 Å². The van der Waals surface area contributed by atoms with Gasteiger partial charge in [0.2, 0.25) is 0 Å². The van der Waals surface area contributed by atoms with Crippen LogP contribution in [0.5, 0.6) is 5.75 Å². The fraction of sp³-hybridized carbons (Fsp3) is 0.304. The van der Waals surface area contributed by atoms with Crippen LogP contribution in [-0.4, -0.2) is 41.0 Å². The summed E-state index contributed by atoms with van der Waals surface area (Å²) in [5.41, 5.74) is 2.89. The van der Waals surface area contributed by atoms with E-state index in [1.54, 1.807) is 13.3 Å². The van der Waals surface area contributed by atoms with Crippen LogP contribution in [0.3, 0.4) is 0 Å². The summed E-state index contributed by atoms with van der Waals surface area (Å²) in [4.78, 5) is 4.57. The number of aliphatic hydroxyl groups is 1. The largest absolute Gasteiger partial charge is 0.497 e. The predicted molar refractivity (Wildman–Crippen MR) is 134 cm³/mol. The van der Waals surface area contributed by atoms with Gasteiger partial charge >= 0.3 is 0 Å². The third-order valence-corrected chi connectivity index (χ3v) is 4.74. The number of aliphatic hydroxyl groups excluding tert-OH is 1. The molecule has 0 aliphatic rings. The van der Waals surface area contributed by atoms with Crippen molar-refractivity contribution in [3.05, 3.63) is 78.1 Å². The van der Waals surface area contributed by atoms with Crippen molar-refractivity contribution in [3.63, 3.8) is 0 Å². The quantitative estimate of drug-likeness (QED) is 0.232. The average Bonchev–Trinajstić information content (AvgIpc) is 3.32. The van der Waals surface area contributed by atoms with E-state index in [0.717, 1.165) is 23.4 Å². The molecule has 3 rings (SSSR count). The highest BCUT2D eigenvalue weighted by Crippen LogP contribution is 2.20. The van der Waals surface area contributed by atoms with Gasteiger partial charge in [0.15, 0.2) is 5.96 Å². The minimum Gasteiger partial charge on any atom is -0.497 e. The van der Waals surface area contributed by atoms with E-state index in [-0.39, 0.29) is 36.6 Å². The molecule has 3 aromatic rings. The molecule has 2 atom stereocenters. The number of methoxy groups -OCH3 is 1. The highest BCUT2D eigenvalue weighted by atomic mass is 127. The standard InChI is InChI=1S/C23H29N5O2.HI/c1-4-24-23(25-16-22(29)19-9-6-11-21(15-19)30-3)27-17(2)18-8-5-10-20(14-18)28-13-7-12-26-28;/h5-15,17,22,29H,4,16H2,1-3H3,(H2,24,25,27);1H. The van der Waals surface area contributed by atoms with E-state index < -0.39 is 6.10 Å². The summed E-state index contributed by atoms with van der Waals surface area (Å²) in [6.07, 6.45) is 2.97. The molecular formula is C23H30IN5O2. The van der Waals surface area contributed by atoms with E-state index in [0.29, 0.717) is 11.7 Å². The second-order valence-corrected chi connectivity index (χ2v) is 6.92. The fourth-order valence-electron chi connectivity index (χ4n) is 3.10. The van der Waals surface area contributed by atoms with Crippen LogP contribution in [0.15, 0.2) is 72.0 Å². The lowest BCUT2D eigenvalue weighted by molar-refractivity contribution is 0.186. The van der Waals surface area contributed by atoms with Crippen LogP contribution in [0, 0.1) is 0 Å². The van der Waals surface area contributed by atoms with Gasteiger partial charge < -0.3 is 20.5 Å². The second-order valence-electron chi connectivity index (χ2n) is 6.92. The molecule has 0 saturated carbocycles. The maximum absolute atomic E-state index is 10.5. The number of hydrogen-bond donors (Lipinski definition) is 3. The predicted octanol–water partition coefficient (Wildman–Crippen LogP) is 3.85. The summed E-state index contributed by atoms with van der Waals surface area (Å²) in [6.45, 7) is 5.05. The van der Waals surface area contributed by atoms with Gasteiger partial charge in [0.05, 0.1) is 31.5 Å². The number of ether oxygens (including phenoxy) is 1. The molecule has 2 aromatic carbocycles. The van der Waals surface area contributed by atoms with E-state index in [1.807, 2.05) is 60.3 Å². The lowest BCUT2D eigenvalue weighted by atomic mass is 10.1. The smallest absolute Gasteiger partial charge is 0.191 e. The Morgan fingerprint density at radius 2 is 1.94 bits per heavy atom. The molecule has 0 radical (unpaired) electrons. The number of nitrogens with zero attached hydrogens (tertiary/aromatic N) is 3. The van der Waals surface area contributed by atoms with Gasteiger partial charge in [-0.1, -0.05) is 24.3 Å². The first-order chi connectivity index (χ1) is 14.6. The average molecular weight is 535 g/mol. The summed E-state index contributed by atoms with van der Waals surface area (Å²) in [5, 5.41) is 21.5. The van der Waals surface area contributed by atoms with Gasteiger partial charge in [-0.05, 0) is 55.3 Å². The van der Waals surface area contributed by atoms with Crippen molar-refractivity contribution in [1.29, 1.82) is 0 Å². The first-order valence-electron chi connectivity index (χ1n) is 10.1. The van der Waals surface area contributed by atoms with Crippen LogP contribution in [0.25, 0.3) is 5.69 Å². The lowest BCUT2D eigenvalue weighted by Gasteiger charge is -2.19. The Bertz CT molecular complexity index is 962. The Morgan fingerprint density at radius 1 is 1.16 bits per heavy atom. The molecule has 0 saturated heterocycles. The van der Waals surface area contributed by atoms with Gasteiger partial charge in [-0.3, -0.25) is 4.99 Å². The van der Waals surface area contributed by atoms with E-state index in [2.05, 4.69) is 39.8 Å². The first-order valence-corrected chi connectivity index (χ1v) is 10.1. The zero-order valence-corrected chi connectivity index (χ0v) is 20.4. The molecule has 3 N–H and O–H groups in total.